The second-order valence-corrected chi connectivity index (χ2v) is 7.50. The van der Waals surface area contributed by atoms with Crippen molar-refractivity contribution in [1.82, 2.24) is 10.2 Å². The predicted octanol–water partition coefficient (Wildman–Crippen LogP) is 2.14. The van der Waals surface area contributed by atoms with Crippen molar-refractivity contribution in [2.24, 2.45) is 4.99 Å². The number of aryl methyl sites for hydroxylation is 1. The van der Waals surface area contributed by atoms with Gasteiger partial charge in [0.05, 0.1) is 12.1 Å². The van der Waals surface area contributed by atoms with Gasteiger partial charge >= 0.3 is 0 Å². The molecule has 0 bridgehead atoms. The molecule has 7 nitrogen and oxygen atoms in total. The highest BCUT2D eigenvalue weighted by Gasteiger charge is 2.31. The molecule has 8 heteroatoms. The van der Waals surface area contributed by atoms with Crippen LogP contribution in [0.2, 0.25) is 0 Å². The van der Waals surface area contributed by atoms with Crippen molar-refractivity contribution in [1.29, 1.82) is 0 Å². The highest BCUT2D eigenvalue weighted by atomic mass is 19.1. The Morgan fingerprint density at radius 2 is 1.73 bits per heavy atom. The van der Waals surface area contributed by atoms with Gasteiger partial charge in [0.15, 0.2) is 0 Å². The molecule has 2 N–H and O–H groups in total. The van der Waals surface area contributed by atoms with Crippen LogP contribution >= 0.6 is 0 Å². The third-order valence-electron chi connectivity index (χ3n) is 5.30. The summed E-state index contributed by atoms with van der Waals surface area (Å²) in [6.45, 7) is 4.30. The molecule has 2 aromatic rings. The minimum Gasteiger partial charge on any atom is -0.366 e. The number of piperazine rings is 1. The number of hydrogen-bond acceptors (Lipinski definition) is 5. The highest BCUT2D eigenvalue weighted by Crippen LogP contribution is 2.21. The number of amides is 2. The molecule has 2 heterocycles. The average Bonchev–Trinajstić information content (AvgIpc) is 2.75. The van der Waals surface area contributed by atoms with E-state index in [0.717, 1.165) is 5.56 Å². The Morgan fingerprint density at radius 3 is 2.43 bits per heavy atom. The molecule has 0 spiro atoms. The Balaban J connectivity index is 1.41. The first-order valence-corrected chi connectivity index (χ1v) is 9.99. The number of carbonyl (C=O) groups excluding carboxylic acids is 2. The molecule has 2 amide bonds. The van der Waals surface area contributed by atoms with Crippen LogP contribution in [-0.4, -0.2) is 54.9 Å². The molecular formula is C22H24FN5O2. The molecule has 0 saturated carbocycles. The van der Waals surface area contributed by atoms with Crippen LogP contribution < -0.4 is 15.5 Å². The summed E-state index contributed by atoms with van der Waals surface area (Å²) in [6.07, 6.45) is 0.0103. The van der Waals surface area contributed by atoms with E-state index in [1.807, 2.05) is 47.1 Å². The van der Waals surface area contributed by atoms with Crippen LogP contribution in [0.15, 0.2) is 53.5 Å². The summed E-state index contributed by atoms with van der Waals surface area (Å²) in [7, 11) is 0. The van der Waals surface area contributed by atoms with E-state index >= 15 is 0 Å². The second-order valence-electron chi connectivity index (χ2n) is 7.50. The van der Waals surface area contributed by atoms with Crippen molar-refractivity contribution in [3.8, 4) is 0 Å². The molecule has 2 aliphatic heterocycles. The zero-order valence-electron chi connectivity index (χ0n) is 16.8. The fraction of sp³-hybridized carbons (Fsp3) is 0.318. The van der Waals surface area contributed by atoms with E-state index < -0.39 is 6.04 Å². The Morgan fingerprint density at radius 1 is 1.07 bits per heavy atom. The van der Waals surface area contributed by atoms with E-state index in [2.05, 4.69) is 15.6 Å². The fourth-order valence-corrected chi connectivity index (χ4v) is 3.62. The van der Waals surface area contributed by atoms with Crippen molar-refractivity contribution in [3.05, 3.63) is 59.9 Å². The fourth-order valence-electron chi connectivity index (χ4n) is 3.62. The van der Waals surface area contributed by atoms with Crippen LogP contribution in [-0.2, 0) is 9.59 Å². The maximum Gasteiger partial charge on any atom is 0.249 e. The van der Waals surface area contributed by atoms with Crippen LogP contribution in [0.1, 0.15) is 12.0 Å². The molecule has 2 aromatic carbocycles. The molecule has 0 radical (unpaired) electrons. The number of rotatable bonds is 3. The lowest BCUT2D eigenvalue weighted by molar-refractivity contribution is -0.125. The number of anilines is 2. The quantitative estimate of drug-likeness (QED) is 0.814. The molecule has 0 aliphatic carbocycles. The summed E-state index contributed by atoms with van der Waals surface area (Å²) >= 11 is 0. The van der Waals surface area contributed by atoms with Gasteiger partial charge in [0.25, 0.3) is 0 Å². The zero-order chi connectivity index (χ0) is 21.1. The van der Waals surface area contributed by atoms with E-state index in [4.69, 9.17) is 0 Å². The van der Waals surface area contributed by atoms with Crippen LogP contribution in [0.25, 0.3) is 0 Å². The standard InChI is InChI=1S/C22H24FN5O2/c1-15-6-8-16(9-7-15)24-21(30)18-14-20(29)26-22(25-18)28-12-10-27(11-13-28)19-5-3-2-4-17(19)23/h2-9,18H,10-14H2,1H3,(H,24,30)(H,25,26,29). The summed E-state index contributed by atoms with van der Waals surface area (Å²) in [4.78, 5) is 33.2. The van der Waals surface area contributed by atoms with Gasteiger partial charge in [0, 0.05) is 31.9 Å². The predicted molar refractivity (Wildman–Crippen MR) is 114 cm³/mol. The van der Waals surface area contributed by atoms with Gasteiger partial charge in [-0.3, -0.25) is 14.9 Å². The van der Waals surface area contributed by atoms with Crippen molar-refractivity contribution < 1.29 is 14.0 Å². The van der Waals surface area contributed by atoms with Gasteiger partial charge in [-0.1, -0.05) is 29.8 Å². The van der Waals surface area contributed by atoms with Crippen molar-refractivity contribution in [2.75, 3.05) is 36.4 Å². The SMILES string of the molecule is Cc1ccc(NC(=O)C2CC(=O)NC(N3CCN(c4ccccc4F)CC3)=N2)cc1. The molecule has 1 fully saturated rings. The molecule has 1 atom stereocenters. The van der Waals surface area contributed by atoms with Gasteiger partial charge < -0.3 is 15.1 Å². The van der Waals surface area contributed by atoms with Crippen LogP contribution in [0.3, 0.4) is 0 Å². The number of aliphatic imine (C=N–C) groups is 1. The van der Waals surface area contributed by atoms with E-state index in [9.17, 15) is 14.0 Å². The smallest absolute Gasteiger partial charge is 0.249 e. The van der Waals surface area contributed by atoms with Gasteiger partial charge in [-0.15, -0.1) is 0 Å². The monoisotopic (exact) mass is 409 g/mol. The first-order valence-electron chi connectivity index (χ1n) is 9.99. The number of halogens is 1. The lowest BCUT2D eigenvalue weighted by atomic mass is 10.1. The van der Waals surface area contributed by atoms with E-state index in [-0.39, 0.29) is 24.1 Å². The topological polar surface area (TPSA) is 77.0 Å². The summed E-state index contributed by atoms with van der Waals surface area (Å²) in [5, 5.41) is 5.60. The summed E-state index contributed by atoms with van der Waals surface area (Å²) in [6, 6.07) is 13.4. The van der Waals surface area contributed by atoms with Gasteiger partial charge in [0.1, 0.15) is 11.9 Å². The number of guanidine groups is 1. The number of hydrogen-bond donors (Lipinski definition) is 2. The molecule has 2 aliphatic rings. The van der Waals surface area contributed by atoms with Gasteiger partial charge in [-0.25, -0.2) is 9.38 Å². The summed E-state index contributed by atoms with van der Waals surface area (Å²) in [5.41, 5.74) is 2.34. The van der Waals surface area contributed by atoms with Gasteiger partial charge in [-0.2, -0.15) is 0 Å². The van der Waals surface area contributed by atoms with Crippen LogP contribution in [0.4, 0.5) is 15.8 Å². The Labute approximate surface area is 174 Å². The van der Waals surface area contributed by atoms with Crippen molar-refractivity contribution in [3.63, 3.8) is 0 Å². The highest BCUT2D eigenvalue weighted by molar-refractivity contribution is 6.06. The number of carbonyl (C=O) groups is 2. The molecule has 4 rings (SSSR count). The first kappa shape index (κ1) is 19.9. The maximum atomic E-state index is 14.0. The molecule has 1 unspecified atom stereocenters. The average molecular weight is 409 g/mol. The molecule has 156 valence electrons. The second kappa shape index (κ2) is 8.52. The minimum atomic E-state index is -0.778. The first-order chi connectivity index (χ1) is 14.5. The molecule has 0 aromatic heterocycles. The summed E-state index contributed by atoms with van der Waals surface area (Å²) < 4.78 is 14.0. The lowest BCUT2D eigenvalue weighted by Gasteiger charge is -2.38. The van der Waals surface area contributed by atoms with E-state index in [1.54, 1.807) is 12.1 Å². The third-order valence-corrected chi connectivity index (χ3v) is 5.30. The number of nitrogens with one attached hydrogen (secondary N) is 2. The number of nitrogens with zero attached hydrogens (tertiary/aromatic N) is 3. The van der Waals surface area contributed by atoms with Crippen LogP contribution in [0.5, 0.6) is 0 Å². The normalized spacial score (nSPS) is 19.2. The third kappa shape index (κ3) is 4.42. The lowest BCUT2D eigenvalue weighted by Crippen LogP contribution is -2.56. The largest absolute Gasteiger partial charge is 0.366 e. The summed E-state index contributed by atoms with van der Waals surface area (Å²) in [5.74, 6) is -0.387. The van der Waals surface area contributed by atoms with Gasteiger partial charge in [0.2, 0.25) is 17.8 Å². The molecule has 1 saturated heterocycles. The Kier molecular flexibility index (Phi) is 5.65. The number of para-hydroxylation sites is 1. The zero-order valence-corrected chi connectivity index (χ0v) is 16.8. The number of benzene rings is 2. The molecule has 30 heavy (non-hydrogen) atoms. The Bertz CT molecular complexity index is 968. The van der Waals surface area contributed by atoms with Crippen molar-refractivity contribution in [2.45, 2.75) is 19.4 Å². The maximum absolute atomic E-state index is 14.0. The Hall–Kier alpha value is -3.42. The van der Waals surface area contributed by atoms with Crippen LogP contribution in [0, 0.1) is 12.7 Å². The van der Waals surface area contributed by atoms with Crippen molar-refractivity contribution >= 4 is 29.1 Å². The minimum absolute atomic E-state index is 0.0103. The van der Waals surface area contributed by atoms with E-state index in [0.29, 0.717) is 43.5 Å². The van der Waals surface area contributed by atoms with Gasteiger partial charge in [-0.05, 0) is 31.2 Å². The molecular weight excluding hydrogens is 385 g/mol. The van der Waals surface area contributed by atoms with E-state index in [1.165, 1.54) is 6.07 Å².